The number of amides is 1. The summed E-state index contributed by atoms with van der Waals surface area (Å²) in [5.41, 5.74) is 5.53. The highest BCUT2D eigenvalue weighted by molar-refractivity contribution is 5.91. The van der Waals surface area contributed by atoms with Crippen molar-refractivity contribution in [2.75, 3.05) is 5.32 Å². The van der Waals surface area contributed by atoms with E-state index in [0.29, 0.717) is 12.4 Å². The van der Waals surface area contributed by atoms with Crippen LogP contribution in [0.4, 0.5) is 10.2 Å². The lowest BCUT2D eigenvalue weighted by molar-refractivity contribution is -0.115. The average molecular weight is 417 g/mol. The number of benzene rings is 2. The van der Waals surface area contributed by atoms with Gasteiger partial charge in [0.05, 0.1) is 30.5 Å². The first-order valence-corrected chi connectivity index (χ1v) is 10.1. The molecule has 6 nitrogen and oxygen atoms in total. The molecule has 0 saturated heterocycles. The van der Waals surface area contributed by atoms with Crippen LogP contribution in [0.1, 0.15) is 28.1 Å². The second-order valence-corrected chi connectivity index (χ2v) is 7.63. The normalized spacial score (nSPS) is 11.0. The van der Waals surface area contributed by atoms with E-state index in [1.807, 2.05) is 39.0 Å². The van der Waals surface area contributed by atoms with Gasteiger partial charge in [-0.2, -0.15) is 10.2 Å². The van der Waals surface area contributed by atoms with Crippen LogP contribution in [-0.2, 0) is 17.8 Å². The Morgan fingerprint density at radius 1 is 1.06 bits per heavy atom. The first kappa shape index (κ1) is 20.5. The van der Waals surface area contributed by atoms with Crippen LogP contribution in [0.2, 0.25) is 0 Å². The van der Waals surface area contributed by atoms with E-state index in [-0.39, 0.29) is 18.1 Å². The molecule has 0 aliphatic heterocycles. The van der Waals surface area contributed by atoms with Crippen LogP contribution >= 0.6 is 0 Å². The van der Waals surface area contributed by atoms with E-state index >= 15 is 0 Å². The largest absolute Gasteiger partial charge is 0.311 e. The van der Waals surface area contributed by atoms with Crippen molar-refractivity contribution >= 4 is 11.7 Å². The minimum absolute atomic E-state index is 0.143. The fourth-order valence-electron chi connectivity index (χ4n) is 3.66. The fraction of sp³-hybridized carbons (Fsp3) is 0.208. The Balaban J connectivity index is 1.49. The first-order valence-electron chi connectivity index (χ1n) is 10.1. The molecule has 158 valence electrons. The van der Waals surface area contributed by atoms with Crippen LogP contribution < -0.4 is 5.32 Å². The van der Waals surface area contributed by atoms with E-state index in [9.17, 15) is 9.18 Å². The van der Waals surface area contributed by atoms with E-state index in [1.54, 1.807) is 33.8 Å². The lowest BCUT2D eigenvalue weighted by atomic mass is 10.1. The summed E-state index contributed by atoms with van der Waals surface area (Å²) in [4.78, 5) is 12.8. The van der Waals surface area contributed by atoms with Gasteiger partial charge >= 0.3 is 0 Å². The van der Waals surface area contributed by atoms with Crippen LogP contribution in [-0.4, -0.2) is 25.5 Å². The molecular weight excluding hydrogens is 393 g/mol. The number of nitrogens with zero attached hydrogens (tertiary/aromatic N) is 4. The molecule has 0 radical (unpaired) electrons. The number of aryl methyl sites for hydroxylation is 2. The van der Waals surface area contributed by atoms with Crippen LogP contribution in [0, 0.1) is 26.6 Å². The molecule has 4 rings (SSSR count). The topological polar surface area (TPSA) is 64.7 Å². The fourth-order valence-corrected chi connectivity index (χ4v) is 3.66. The molecular formula is C24H24FN5O. The second-order valence-electron chi connectivity index (χ2n) is 7.63. The highest BCUT2D eigenvalue weighted by Gasteiger charge is 2.17. The highest BCUT2D eigenvalue weighted by atomic mass is 19.1. The molecule has 7 heteroatoms. The van der Waals surface area contributed by atoms with Crippen LogP contribution in [0.3, 0.4) is 0 Å². The summed E-state index contributed by atoms with van der Waals surface area (Å²) in [6, 6.07) is 16.1. The molecule has 1 N–H and O–H groups in total. The third-order valence-electron chi connectivity index (χ3n) is 5.25. The number of anilines is 1. The molecule has 0 saturated carbocycles. The van der Waals surface area contributed by atoms with Gasteiger partial charge < -0.3 is 5.32 Å². The lowest BCUT2D eigenvalue weighted by Crippen LogP contribution is -2.18. The number of hydrogen-bond acceptors (Lipinski definition) is 3. The average Bonchev–Trinajstić information content (AvgIpc) is 3.27. The van der Waals surface area contributed by atoms with Crippen molar-refractivity contribution in [1.29, 1.82) is 0 Å². The molecule has 0 spiro atoms. The van der Waals surface area contributed by atoms with Gasteiger partial charge in [-0.3, -0.25) is 4.79 Å². The van der Waals surface area contributed by atoms with Gasteiger partial charge in [0.1, 0.15) is 11.6 Å². The van der Waals surface area contributed by atoms with E-state index in [2.05, 4.69) is 21.6 Å². The number of carbonyl (C=O) groups excluding carboxylic acids is 1. The van der Waals surface area contributed by atoms with Gasteiger partial charge in [0.2, 0.25) is 5.91 Å². The van der Waals surface area contributed by atoms with E-state index in [1.165, 1.54) is 17.7 Å². The summed E-state index contributed by atoms with van der Waals surface area (Å²) in [6.07, 6.45) is 1.86. The van der Waals surface area contributed by atoms with Gasteiger partial charge in [0.25, 0.3) is 0 Å². The van der Waals surface area contributed by atoms with Crippen molar-refractivity contribution in [3.63, 3.8) is 0 Å². The molecule has 2 aromatic carbocycles. The first-order chi connectivity index (χ1) is 14.9. The molecule has 0 unspecified atom stereocenters. The van der Waals surface area contributed by atoms with E-state index in [0.717, 1.165) is 28.2 Å². The second kappa shape index (κ2) is 8.55. The summed E-state index contributed by atoms with van der Waals surface area (Å²) in [7, 11) is 0. The minimum Gasteiger partial charge on any atom is -0.311 e. The van der Waals surface area contributed by atoms with Crippen molar-refractivity contribution < 1.29 is 9.18 Å². The maximum absolute atomic E-state index is 13.2. The van der Waals surface area contributed by atoms with Crippen LogP contribution in [0.5, 0.6) is 0 Å². The summed E-state index contributed by atoms with van der Waals surface area (Å²) >= 11 is 0. The zero-order chi connectivity index (χ0) is 22.0. The van der Waals surface area contributed by atoms with Crippen LogP contribution in [0.25, 0.3) is 5.69 Å². The van der Waals surface area contributed by atoms with E-state index in [4.69, 9.17) is 0 Å². The van der Waals surface area contributed by atoms with Gasteiger partial charge in [-0.05, 0) is 50.6 Å². The van der Waals surface area contributed by atoms with Gasteiger partial charge in [0.15, 0.2) is 0 Å². The van der Waals surface area contributed by atoms with Crippen molar-refractivity contribution in [2.24, 2.45) is 0 Å². The molecule has 0 atom stereocenters. The SMILES string of the molecule is Cc1cccc(Cn2nccc2NC(=O)Cc2c(C)nn(-c3ccc(F)cc3)c2C)c1. The smallest absolute Gasteiger partial charge is 0.230 e. The molecule has 1 amide bonds. The minimum atomic E-state index is -0.299. The monoisotopic (exact) mass is 417 g/mol. The zero-order valence-electron chi connectivity index (χ0n) is 17.8. The van der Waals surface area contributed by atoms with Crippen molar-refractivity contribution in [3.05, 3.63) is 94.7 Å². The Morgan fingerprint density at radius 2 is 1.84 bits per heavy atom. The highest BCUT2D eigenvalue weighted by Crippen LogP contribution is 2.20. The summed E-state index contributed by atoms with van der Waals surface area (Å²) in [5.74, 6) is 0.204. The van der Waals surface area contributed by atoms with Crippen LogP contribution in [0.15, 0.2) is 60.8 Å². The van der Waals surface area contributed by atoms with E-state index < -0.39 is 0 Å². The number of halogens is 1. The Labute approximate surface area is 180 Å². The molecule has 0 aliphatic rings. The number of nitrogens with one attached hydrogen (secondary N) is 1. The Hall–Kier alpha value is -3.74. The maximum atomic E-state index is 13.2. The molecule has 0 fully saturated rings. The van der Waals surface area contributed by atoms with Crippen molar-refractivity contribution in [2.45, 2.75) is 33.7 Å². The molecule has 0 aliphatic carbocycles. The summed E-state index contributed by atoms with van der Waals surface area (Å²) in [6.45, 7) is 6.41. The van der Waals surface area contributed by atoms with Gasteiger partial charge in [-0.1, -0.05) is 29.8 Å². The van der Waals surface area contributed by atoms with Gasteiger partial charge in [-0.25, -0.2) is 13.8 Å². The van der Waals surface area contributed by atoms with Gasteiger partial charge in [0, 0.05) is 17.3 Å². The molecule has 2 heterocycles. The molecule has 0 bridgehead atoms. The molecule has 2 aromatic heterocycles. The van der Waals surface area contributed by atoms with Crippen molar-refractivity contribution in [3.8, 4) is 5.69 Å². The Bertz CT molecular complexity index is 1220. The maximum Gasteiger partial charge on any atom is 0.230 e. The number of carbonyl (C=O) groups is 1. The summed E-state index contributed by atoms with van der Waals surface area (Å²) < 4.78 is 16.7. The third kappa shape index (κ3) is 4.55. The number of aromatic nitrogens is 4. The number of rotatable bonds is 6. The summed E-state index contributed by atoms with van der Waals surface area (Å²) in [5, 5.41) is 11.8. The standard InChI is InChI=1S/C24H24FN5O/c1-16-5-4-6-19(13-16)15-29-23(11-12-26-29)27-24(31)14-22-17(2)28-30(18(22)3)21-9-7-20(25)8-10-21/h4-13H,14-15H2,1-3H3,(H,27,31). The quantitative estimate of drug-likeness (QED) is 0.507. The molecule has 31 heavy (non-hydrogen) atoms. The lowest BCUT2D eigenvalue weighted by Gasteiger charge is -2.10. The Kier molecular flexibility index (Phi) is 5.66. The third-order valence-corrected chi connectivity index (χ3v) is 5.25. The van der Waals surface area contributed by atoms with Gasteiger partial charge in [-0.15, -0.1) is 0 Å². The predicted octanol–water partition coefficient (Wildman–Crippen LogP) is 4.36. The molecule has 4 aromatic rings. The Morgan fingerprint density at radius 3 is 2.58 bits per heavy atom. The predicted molar refractivity (Wildman–Crippen MR) is 118 cm³/mol. The van der Waals surface area contributed by atoms with Crippen molar-refractivity contribution in [1.82, 2.24) is 19.6 Å². The number of hydrogen-bond donors (Lipinski definition) is 1. The zero-order valence-corrected chi connectivity index (χ0v) is 17.8.